The first-order valence-electron chi connectivity index (χ1n) is 6.13. The van der Waals surface area contributed by atoms with Gasteiger partial charge in [0.05, 0.1) is 0 Å². The lowest BCUT2D eigenvalue weighted by atomic mass is 9.95. The number of nitrogens with one attached hydrogen (secondary N) is 1. The summed E-state index contributed by atoms with van der Waals surface area (Å²) >= 11 is 8.02. The maximum Gasteiger partial charge on any atom is 0.137 e. The minimum absolute atomic E-state index is 0.0902. The van der Waals surface area contributed by atoms with Crippen molar-refractivity contribution < 1.29 is 0 Å². The fourth-order valence-corrected chi connectivity index (χ4v) is 2.02. The van der Waals surface area contributed by atoms with Crippen molar-refractivity contribution in [3.63, 3.8) is 0 Å². The fourth-order valence-electron chi connectivity index (χ4n) is 1.42. The first kappa shape index (κ1) is 15.6. The van der Waals surface area contributed by atoms with Crippen LogP contribution in [0.25, 0.3) is 0 Å². The van der Waals surface area contributed by atoms with Gasteiger partial charge >= 0.3 is 0 Å². The Kier molecular flexibility index (Phi) is 5.73. The number of aromatic nitrogens is 2. The maximum atomic E-state index is 6.17. The van der Waals surface area contributed by atoms with Crippen LogP contribution in [0.4, 0.5) is 5.82 Å². The van der Waals surface area contributed by atoms with Gasteiger partial charge in [0.15, 0.2) is 0 Å². The van der Waals surface area contributed by atoms with E-state index in [1.807, 2.05) is 18.7 Å². The highest BCUT2D eigenvalue weighted by Crippen LogP contribution is 2.25. The van der Waals surface area contributed by atoms with Crippen molar-refractivity contribution in [3.05, 3.63) is 16.5 Å². The van der Waals surface area contributed by atoms with Crippen LogP contribution in [0.2, 0.25) is 5.15 Å². The number of hydrogen-bond acceptors (Lipinski definition) is 4. The third kappa shape index (κ3) is 4.32. The molecule has 1 heterocycles. The molecule has 1 aromatic rings. The average molecular weight is 288 g/mol. The molecule has 0 aliphatic carbocycles. The molecule has 5 heteroatoms. The van der Waals surface area contributed by atoms with Gasteiger partial charge in [-0.15, -0.1) is 0 Å². The Bertz CT molecular complexity index is 402. The summed E-state index contributed by atoms with van der Waals surface area (Å²) < 4.78 is 0. The van der Waals surface area contributed by atoms with Gasteiger partial charge in [-0.3, -0.25) is 0 Å². The van der Waals surface area contributed by atoms with E-state index in [0.717, 1.165) is 35.9 Å². The molecule has 1 aromatic heterocycles. The van der Waals surface area contributed by atoms with Crippen LogP contribution in [0.3, 0.4) is 0 Å². The van der Waals surface area contributed by atoms with E-state index in [4.69, 9.17) is 11.6 Å². The second kappa shape index (κ2) is 6.62. The molecule has 0 aliphatic rings. The lowest BCUT2D eigenvalue weighted by molar-refractivity contribution is 0.545. The van der Waals surface area contributed by atoms with Crippen LogP contribution in [0.1, 0.15) is 38.6 Å². The Hall–Kier alpha value is -0.480. The zero-order valence-corrected chi connectivity index (χ0v) is 13.4. The van der Waals surface area contributed by atoms with E-state index in [-0.39, 0.29) is 5.41 Å². The number of halogens is 1. The predicted octanol–water partition coefficient (Wildman–Crippen LogP) is 3.90. The number of nitrogens with zero attached hydrogens (tertiary/aromatic N) is 2. The standard InChI is InChI=1S/C13H22ClN3S/c1-9-10(14)16-12(13(2,3)4)17-11(9)15-7-6-8-18-5/h6-8H2,1-5H3,(H,15,16,17). The van der Waals surface area contributed by atoms with Crippen LogP contribution in [0, 0.1) is 6.92 Å². The van der Waals surface area contributed by atoms with Crippen molar-refractivity contribution in [1.82, 2.24) is 9.97 Å². The zero-order valence-electron chi connectivity index (χ0n) is 11.8. The molecule has 0 radical (unpaired) electrons. The summed E-state index contributed by atoms with van der Waals surface area (Å²) in [6.07, 6.45) is 3.23. The molecule has 3 nitrogen and oxygen atoms in total. The van der Waals surface area contributed by atoms with Gasteiger partial charge in [0.1, 0.15) is 16.8 Å². The number of hydrogen-bond donors (Lipinski definition) is 1. The van der Waals surface area contributed by atoms with E-state index in [1.54, 1.807) is 0 Å². The first-order valence-corrected chi connectivity index (χ1v) is 7.91. The summed E-state index contributed by atoms with van der Waals surface area (Å²) in [6.45, 7) is 9.13. The minimum Gasteiger partial charge on any atom is -0.370 e. The summed E-state index contributed by atoms with van der Waals surface area (Å²) in [7, 11) is 0. The van der Waals surface area contributed by atoms with Crippen LogP contribution < -0.4 is 5.32 Å². The van der Waals surface area contributed by atoms with Crippen molar-refractivity contribution in [1.29, 1.82) is 0 Å². The number of anilines is 1. The first-order chi connectivity index (χ1) is 8.36. The molecule has 0 amide bonds. The van der Waals surface area contributed by atoms with Crippen LogP contribution in [-0.2, 0) is 5.41 Å². The van der Waals surface area contributed by atoms with Crippen molar-refractivity contribution in [2.24, 2.45) is 0 Å². The van der Waals surface area contributed by atoms with Gasteiger partial charge in [0.2, 0.25) is 0 Å². The molecule has 0 saturated carbocycles. The predicted molar refractivity (Wildman–Crippen MR) is 82.0 cm³/mol. The molecular formula is C13H22ClN3S. The third-order valence-electron chi connectivity index (χ3n) is 2.57. The Morgan fingerprint density at radius 2 is 1.94 bits per heavy atom. The topological polar surface area (TPSA) is 37.8 Å². The highest BCUT2D eigenvalue weighted by atomic mass is 35.5. The van der Waals surface area contributed by atoms with E-state index < -0.39 is 0 Å². The lowest BCUT2D eigenvalue weighted by Crippen LogP contribution is -2.18. The third-order valence-corrected chi connectivity index (χ3v) is 3.64. The number of thioether (sulfide) groups is 1. The summed E-state index contributed by atoms with van der Waals surface area (Å²) in [5, 5.41) is 3.90. The van der Waals surface area contributed by atoms with Crippen LogP contribution in [0.15, 0.2) is 0 Å². The van der Waals surface area contributed by atoms with Crippen LogP contribution in [0.5, 0.6) is 0 Å². The van der Waals surface area contributed by atoms with Crippen LogP contribution >= 0.6 is 23.4 Å². The highest BCUT2D eigenvalue weighted by molar-refractivity contribution is 7.98. The Morgan fingerprint density at radius 1 is 1.28 bits per heavy atom. The van der Waals surface area contributed by atoms with E-state index in [1.165, 1.54) is 0 Å². The highest BCUT2D eigenvalue weighted by Gasteiger charge is 2.20. The minimum atomic E-state index is -0.0902. The summed E-state index contributed by atoms with van der Waals surface area (Å²) in [4.78, 5) is 8.95. The molecule has 18 heavy (non-hydrogen) atoms. The normalized spacial score (nSPS) is 11.7. The largest absolute Gasteiger partial charge is 0.370 e. The zero-order chi connectivity index (χ0) is 13.8. The second-order valence-corrected chi connectivity index (χ2v) is 6.68. The quantitative estimate of drug-likeness (QED) is 0.658. The van der Waals surface area contributed by atoms with Gasteiger partial charge in [0, 0.05) is 17.5 Å². The fraction of sp³-hybridized carbons (Fsp3) is 0.692. The molecule has 1 rings (SSSR count). The van der Waals surface area contributed by atoms with Crippen molar-refractivity contribution in [3.8, 4) is 0 Å². The average Bonchev–Trinajstić information content (AvgIpc) is 2.28. The molecule has 0 unspecified atom stereocenters. The van der Waals surface area contributed by atoms with Crippen LogP contribution in [-0.4, -0.2) is 28.5 Å². The molecule has 0 atom stereocenters. The van der Waals surface area contributed by atoms with Gasteiger partial charge < -0.3 is 5.32 Å². The smallest absolute Gasteiger partial charge is 0.137 e. The monoisotopic (exact) mass is 287 g/mol. The van der Waals surface area contributed by atoms with Crippen molar-refractivity contribution in [2.45, 2.75) is 39.5 Å². The van der Waals surface area contributed by atoms with E-state index in [9.17, 15) is 0 Å². The summed E-state index contributed by atoms with van der Waals surface area (Å²) in [5.74, 6) is 2.79. The van der Waals surface area contributed by atoms with E-state index in [2.05, 4.69) is 42.3 Å². The van der Waals surface area contributed by atoms with Gasteiger partial charge in [0.25, 0.3) is 0 Å². The summed E-state index contributed by atoms with van der Waals surface area (Å²) in [5.41, 5.74) is 0.835. The lowest BCUT2D eigenvalue weighted by Gasteiger charge is -2.19. The molecule has 0 saturated heterocycles. The number of rotatable bonds is 5. The Morgan fingerprint density at radius 3 is 2.50 bits per heavy atom. The van der Waals surface area contributed by atoms with E-state index in [0.29, 0.717) is 5.15 Å². The molecule has 0 bridgehead atoms. The second-order valence-electron chi connectivity index (χ2n) is 5.33. The van der Waals surface area contributed by atoms with Gasteiger partial charge in [-0.25, -0.2) is 9.97 Å². The molecule has 102 valence electrons. The molecule has 0 aliphatic heterocycles. The molecule has 1 N–H and O–H groups in total. The van der Waals surface area contributed by atoms with Gasteiger partial charge in [-0.2, -0.15) is 11.8 Å². The molecule has 0 aromatic carbocycles. The molecule has 0 fully saturated rings. The molecule has 0 spiro atoms. The maximum absolute atomic E-state index is 6.17. The Labute approximate surface area is 119 Å². The SMILES string of the molecule is CSCCCNc1nc(C(C)(C)C)nc(Cl)c1C. The van der Waals surface area contributed by atoms with Crippen molar-refractivity contribution in [2.75, 3.05) is 23.9 Å². The van der Waals surface area contributed by atoms with E-state index >= 15 is 0 Å². The van der Waals surface area contributed by atoms with Crippen molar-refractivity contribution >= 4 is 29.2 Å². The van der Waals surface area contributed by atoms with Gasteiger partial charge in [-0.1, -0.05) is 32.4 Å². The van der Waals surface area contributed by atoms with Gasteiger partial charge in [-0.05, 0) is 25.4 Å². The molecular weight excluding hydrogens is 266 g/mol. The summed E-state index contributed by atoms with van der Waals surface area (Å²) in [6, 6.07) is 0. The Balaban J connectivity index is 2.86.